The minimum absolute atomic E-state index is 0.217. The van der Waals surface area contributed by atoms with Crippen molar-refractivity contribution in [1.82, 2.24) is 5.43 Å². The van der Waals surface area contributed by atoms with Crippen LogP contribution in [0, 0.1) is 6.42 Å². The molecule has 0 spiro atoms. The Balaban J connectivity index is 2.37. The molecule has 1 aliphatic carbocycles. The fraction of sp³-hybridized carbons (Fsp3) is 0.857. The maximum absolute atomic E-state index is 5.37. The molecule has 0 aliphatic heterocycles. The van der Waals surface area contributed by atoms with Gasteiger partial charge in [-0.15, -0.1) is 0 Å². The van der Waals surface area contributed by atoms with Crippen molar-refractivity contribution < 1.29 is 0 Å². The molecule has 0 bridgehead atoms. The van der Waals surface area contributed by atoms with Crippen LogP contribution in [0.1, 0.15) is 32.6 Å². The Kier molecular flexibility index (Phi) is 2.09. The lowest BCUT2D eigenvalue weighted by atomic mass is 9.84. The molecule has 0 atom stereocenters. The van der Waals surface area contributed by atoms with E-state index in [4.69, 9.17) is 5.84 Å². The molecule has 0 heterocycles. The van der Waals surface area contributed by atoms with Crippen LogP contribution < -0.4 is 11.3 Å². The van der Waals surface area contributed by atoms with Crippen molar-refractivity contribution in [3.05, 3.63) is 6.42 Å². The number of rotatable bonds is 1. The van der Waals surface area contributed by atoms with Crippen LogP contribution in [0.15, 0.2) is 0 Å². The second-order valence-corrected chi connectivity index (χ2v) is 3.07. The second-order valence-electron chi connectivity index (χ2n) is 3.07. The van der Waals surface area contributed by atoms with E-state index in [2.05, 4.69) is 18.8 Å². The van der Waals surface area contributed by atoms with Gasteiger partial charge in [-0.05, 0) is 39.0 Å². The van der Waals surface area contributed by atoms with Crippen LogP contribution >= 0.6 is 0 Å². The lowest BCUT2D eigenvalue weighted by molar-refractivity contribution is 0.285. The van der Waals surface area contributed by atoms with Gasteiger partial charge in [-0.2, -0.15) is 0 Å². The maximum atomic E-state index is 5.37. The third-order valence-corrected chi connectivity index (χ3v) is 2.15. The van der Waals surface area contributed by atoms with Crippen molar-refractivity contribution in [2.24, 2.45) is 5.84 Å². The molecule has 0 aromatic heterocycles. The fourth-order valence-corrected chi connectivity index (χ4v) is 1.25. The van der Waals surface area contributed by atoms with Crippen LogP contribution in [-0.2, 0) is 0 Å². The van der Waals surface area contributed by atoms with Gasteiger partial charge in [-0.25, -0.2) is 0 Å². The third-order valence-electron chi connectivity index (χ3n) is 2.15. The minimum atomic E-state index is 0.217. The molecule has 9 heavy (non-hydrogen) atoms. The van der Waals surface area contributed by atoms with E-state index in [-0.39, 0.29) is 5.54 Å². The molecule has 0 aromatic carbocycles. The normalized spacial score (nSPS) is 26.0. The first-order chi connectivity index (χ1) is 4.27. The van der Waals surface area contributed by atoms with E-state index in [9.17, 15) is 0 Å². The quantitative estimate of drug-likeness (QED) is 0.407. The van der Waals surface area contributed by atoms with E-state index in [0.29, 0.717) is 0 Å². The van der Waals surface area contributed by atoms with Gasteiger partial charge in [0.15, 0.2) is 0 Å². The molecule has 1 saturated carbocycles. The summed E-state index contributed by atoms with van der Waals surface area (Å²) in [7, 11) is 0. The van der Waals surface area contributed by atoms with Crippen LogP contribution in [0.2, 0.25) is 0 Å². The van der Waals surface area contributed by atoms with Crippen LogP contribution in [-0.4, -0.2) is 5.54 Å². The highest BCUT2D eigenvalue weighted by Crippen LogP contribution is 2.25. The van der Waals surface area contributed by atoms with Gasteiger partial charge in [0.2, 0.25) is 0 Å². The van der Waals surface area contributed by atoms with Gasteiger partial charge in [-0.1, -0.05) is 0 Å². The Labute approximate surface area is 56.8 Å². The molecule has 2 nitrogen and oxygen atoms in total. The maximum Gasteiger partial charge on any atom is 0.0293 e. The van der Waals surface area contributed by atoms with Crippen LogP contribution in [0.3, 0.4) is 0 Å². The SMILES string of the molecule is CC1(NN)CC[CH]CC1. The Morgan fingerprint density at radius 3 is 2.33 bits per heavy atom. The van der Waals surface area contributed by atoms with Gasteiger partial charge >= 0.3 is 0 Å². The molecule has 1 radical (unpaired) electrons. The molecule has 0 unspecified atom stereocenters. The average Bonchev–Trinajstić information content (AvgIpc) is 1.90. The minimum Gasteiger partial charge on any atom is -0.271 e. The van der Waals surface area contributed by atoms with Gasteiger partial charge in [-0.3, -0.25) is 11.3 Å². The van der Waals surface area contributed by atoms with E-state index in [0.717, 1.165) is 0 Å². The number of hydrogen-bond acceptors (Lipinski definition) is 2. The number of hydrogen-bond donors (Lipinski definition) is 2. The smallest absolute Gasteiger partial charge is 0.0293 e. The number of hydrazine groups is 1. The lowest BCUT2D eigenvalue weighted by Crippen LogP contribution is -2.47. The summed E-state index contributed by atoms with van der Waals surface area (Å²) in [6.45, 7) is 2.18. The zero-order valence-corrected chi connectivity index (χ0v) is 5.98. The standard InChI is InChI=1S/C7H15N2/c1-7(9-8)5-3-2-4-6-7/h2,9H,3-6,8H2,1H3. The summed E-state index contributed by atoms with van der Waals surface area (Å²) >= 11 is 0. The number of nitrogens with one attached hydrogen (secondary N) is 1. The molecule has 1 rings (SSSR count). The summed E-state index contributed by atoms with van der Waals surface area (Å²) in [4.78, 5) is 0. The average molecular weight is 127 g/mol. The fourth-order valence-electron chi connectivity index (χ4n) is 1.25. The second kappa shape index (κ2) is 2.67. The molecule has 53 valence electrons. The summed E-state index contributed by atoms with van der Waals surface area (Å²) in [6, 6.07) is 0. The molecule has 0 aromatic rings. The van der Waals surface area contributed by atoms with Gasteiger partial charge in [0.05, 0.1) is 0 Å². The van der Waals surface area contributed by atoms with Gasteiger partial charge in [0, 0.05) is 5.54 Å². The van der Waals surface area contributed by atoms with Crippen LogP contribution in [0.4, 0.5) is 0 Å². The Hall–Kier alpha value is -0.0800. The Morgan fingerprint density at radius 1 is 1.44 bits per heavy atom. The summed E-state index contributed by atoms with van der Waals surface area (Å²) in [5, 5.41) is 0. The predicted molar refractivity (Wildman–Crippen MR) is 38.5 cm³/mol. The summed E-state index contributed by atoms with van der Waals surface area (Å²) < 4.78 is 0. The van der Waals surface area contributed by atoms with E-state index < -0.39 is 0 Å². The molecular formula is C7H15N2. The summed E-state index contributed by atoms with van der Waals surface area (Å²) in [5.74, 6) is 5.37. The first-order valence-electron chi connectivity index (χ1n) is 3.56. The van der Waals surface area contributed by atoms with E-state index in [1.807, 2.05) is 0 Å². The topological polar surface area (TPSA) is 38.0 Å². The molecule has 2 heteroatoms. The van der Waals surface area contributed by atoms with Crippen molar-refractivity contribution in [2.75, 3.05) is 0 Å². The number of nitrogens with two attached hydrogens (primary N) is 1. The summed E-state index contributed by atoms with van der Waals surface area (Å²) in [6.07, 6.45) is 7.12. The molecule has 0 amide bonds. The van der Waals surface area contributed by atoms with Crippen LogP contribution in [0.5, 0.6) is 0 Å². The predicted octanol–water partition coefficient (Wildman–Crippen LogP) is 0.987. The van der Waals surface area contributed by atoms with Crippen molar-refractivity contribution in [1.29, 1.82) is 0 Å². The van der Waals surface area contributed by atoms with E-state index in [1.54, 1.807) is 0 Å². The van der Waals surface area contributed by atoms with E-state index in [1.165, 1.54) is 25.7 Å². The highest BCUT2D eigenvalue weighted by Gasteiger charge is 2.24. The molecule has 1 fully saturated rings. The van der Waals surface area contributed by atoms with Crippen molar-refractivity contribution in [2.45, 2.75) is 38.1 Å². The zero-order chi connectivity index (χ0) is 6.74. The van der Waals surface area contributed by atoms with E-state index >= 15 is 0 Å². The van der Waals surface area contributed by atoms with Crippen LogP contribution in [0.25, 0.3) is 0 Å². The molecule has 3 N–H and O–H groups in total. The first-order valence-corrected chi connectivity index (χ1v) is 3.56. The molecule has 1 aliphatic rings. The largest absolute Gasteiger partial charge is 0.271 e. The highest BCUT2D eigenvalue weighted by atomic mass is 15.3. The Bertz CT molecular complexity index is 84.9. The third kappa shape index (κ3) is 1.66. The van der Waals surface area contributed by atoms with Gasteiger partial charge in [0.1, 0.15) is 0 Å². The van der Waals surface area contributed by atoms with Gasteiger partial charge < -0.3 is 0 Å². The first kappa shape index (κ1) is 7.03. The summed E-state index contributed by atoms with van der Waals surface area (Å²) in [5.41, 5.74) is 3.08. The molecule has 0 saturated heterocycles. The molecular weight excluding hydrogens is 112 g/mol. The van der Waals surface area contributed by atoms with Gasteiger partial charge in [0.25, 0.3) is 0 Å². The zero-order valence-electron chi connectivity index (χ0n) is 5.98. The van der Waals surface area contributed by atoms with Crippen molar-refractivity contribution >= 4 is 0 Å². The highest BCUT2D eigenvalue weighted by molar-refractivity contribution is 4.89. The van der Waals surface area contributed by atoms with Crippen molar-refractivity contribution in [3.8, 4) is 0 Å². The Morgan fingerprint density at radius 2 is 2.00 bits per heavy atom. The lowest BCUT2D eigenvalue weighted by Gasteiger charge is -2.32. The van der Waals surface area contributed by atoms with Crippen molar-refractivity contribution in [3.63, 3.8) is 0 Å². The monoisotopic (exact) mass is 127 g/mol.